The molecule has 0 bridgehead atoms. The Kier molecular flexibility index (Phi) is 4.55. The molecule has 3 nitrogen and oxygen atoms in total. The maximum atomic E-state index is 10.7. The highest BCUT2D eigenvalue weighted by Crippen LogP contribution is 2.20. The van der Waals surface area contributed by atoms with Crippen LogP contribution in [0.1, 0.15) is 33.6 Å². The average molecular weight is 199 g/mol. The molecule has 0 spiro atoms. The summed E-state index contributed by atoms with van der Waals surface area (Å²) in [5.74, 6) is 0.208. The van der Waals surface area contributed by atoms with Crippen LogP contribution in [0.4, 0.5) is 0 Å². The van der Waals surface area contributed by atoms with Gasteiger partial charge in [-0.05, 0) is 27.2 Å². The molecule has 0 aromatic rings. The predicted molar refractivity (Wildman–Crippen MR) is 56.4 cm³/mol. The molecule has 0 aromatic carbocycles. The van der Waals surface area contributed by atoms with Gasteiger partial charge in [-0.1, -0.05) is 0 Å². The quantitative estimate of drug-likeness (QED) is 0.607. The molecule has 1 heterocycles. The lowest BCUT2D eigenvalue weighted by atomic mass is 10.0. The van der Waals surface area contributed by atoms with Crippen LogP contribution >= 0.6 is 0 Å². The third kappa shape index (κ3) is 3.39. The summed E-state index contributed by atoms with van der Waals surface area (Å²) in [6, 6.07) is 1.20. The van der Waals surface area contributed by atoms with E-state index in [1.54, 1.807) is 6.92 Å². The van der Waals surface area contributed by atoms with E-state index in [-0.39, 0.29) is 5.78 Å². The number of carbonyl (C=O) groups excluding carboxylic acids is 1. The Morgan fingerprint density at radius 3 is 2.71 bits per heavy atom. The van der Waals surface area contributed by atoms with Crippen molar-refractivity contribution in [2.24, 2.45) is 0 Å². The molecular weight excluding hydrogens is 178 g/mol. The monoisotopic (exact) mass is 199 g/mol. The number of ether oxygens (including phenoxy) is 1. The molecule has 0 aliphatic carbocycles. The molecule has 14 heavy (non-hydrogen) atoms. The topological polar surface area (TPSA) is 29.5 Å². The van der Waals surface area contributed by atoms with Crippen LogP contribution in [-0.4, -0.2) is 42.5 Å². The first-order valence-electron chi connectivity index (χ1n) is 5.44. The van der Waals surface area contributed by atoms with E-state index >= 15 is 0 Å². The lowest BCUT2D eigenvalue weighted by Gasteiger charge is -2.43. The van der Waals surface area contributed by atoms with Crippen LogP contribution in [0.2, 0.25) is 0 Å². The van der Waals surface area contributed by atoms with Gasteiger partial charge in [0.2, 0.25) is 0 Å². The fourth-order valence-corrected chi connectivity index (χ4v) is 1.75. The first-order chi connectivity index (χ1) is 6.61. The zero-order chi connectivity index (χ0) is 10.6. The van der Waals surface area contributed by atoms with Crippen molar-refractivity contribution in [2.75, 3.05) is 19.8 Å². The van der Waals surface area contributed by atoms with Crippen molar-refractivity contribution in [2.45, 2.75) is 45.7 Å². The molecule has 1 fully saturated rings. The Hall–Kier alpha value is -0.410. The molecule has 0 saturated carbocycles. The Morgan fingerprint density at radius 1 is 1.57 bits per heavy atom. The number of nitrogens with zero attached hydrogens (tertiary/aromatic N) is 1. The number of rotatable bonds is 6. The molecule has 1 saturated heterocycles. The van der Waals surface area contributed by atoms with Crippen molar-refractivity contribution < 1.29 is 9.53 Å². The van der Waals surface area contributed by atoms with E-state index in [0.29, 0.717) is 25.1 Å². The molecule has 3 heteroatoms. The summed E-state index contributed by atoms with van der Waals surface area (Å²) in [4.78, 5) is 13.1. The third-order valence-corrected chi connectivity index (χ3v) is 2.76. The summed E-state index contributed by atoms with van der Waals surface area (Å²) in [5.41, 5.74) is 0. The highest BCUT2D eigenvalue weighted by molar-refractivity contribution is 5.75. The molecule has 1 atom stereocenters. The fourth-order valence-electron chi connectivity index (χ4n) is 1.75. The zero-order valence-corrected chi connectivity index (χ0v) is 9.45. The molecule has 82 valence electrons. The van der Waals surface area contributed by atoms with Gasteiger partial charge in [-0.3, -0.25) is 9.69 Å². The largest absolute Gasteiger partial charge is 0.379 e. The zero-order valence-electron chi connectivity index (χ0n) is 9.45. The first kappa shape index (κ1) is 11.7. The maximum absolute atomic E-state index is 10.7. The third-order valence-electron chi connectivity index (χ3n) is 2.76. The predicted octanol–water partition coefficient (Wildman–Crippen LogP) is 1.46. The molecule has 0 amide bonds. The van der Waals surface area contributed by atoms with Gasteiger partial charge in [0.1, 0.15) is 5.78 Å². The van der Waals surface area contributed by atoms with Crippen LogP contribution in [0.25, 0.3) is 0 Å². The molecule has 0 aromatic heterocycles. The highest BCUT2D eigenvalue weighted by atomic mass is 16.5. The number of hydrogen-bond donors (Lipinski definition) is 0. The van der Waals surface area contributed by atoms with Gasteiger partial charge in [0, 0.05) is 25.0 Å². The minimum absolute atomic E-state index is 0.208. The summed E-state index contributed by atoms with van der Waals surface area (Å²) >= 11 is 0. The number of carbonyl (C=O) groups is 1. The van der Waals surface area contributed by atoms with E-state index < -0.39 is 0 Å². The van der Waals surface area contributed by atoms with Crippen LogP contribution in [0.3, 0.4) is 0 Å². The van der Waals surface area contributed by atoms with E-state index in [2.05, 4.69) is 18.7 Å². The van der Waals surface area contributed by atoms with Crippen LogP contribution < -0.4 is 0 Å². The summed E-state index contributed by atoms with van der Waals surface area (Å²) in [5, 5.41) is 0. The van der Waals surface area contributed by atoms with Gasteiger partial charge < -0.3 is 4.74 Å². The number of likely N-dealkylation sites (tertiary alicyclic amines) is 1. The van der Waals surface area contributed by atoms with Gasteiger partial charge in [0.05, 0.1) is 13.2 Å². The van der Waals surface area contributed by atoms with Crippen LogP contribution in [-0.2, 0) is 9.53 Å². The Labute approximate surface area is 86.4 Å². The van der Waals surface area contributed by atoms with Gasteiger partial charge in [-0.25, -0.2) is 0 Å². The smallest absolute Gasteiger partial charge is 0.132 e. The van der Waals surface area contributed by atoms with Crippen LogP contribution in [0.5, 0.6) is 0 Å². The standard InChI is InChI=1S/C11H21NO2/c1-9(2)12-6-4-11(12)8-14-7-5-10(3)13/h9,11H,4-8H2,1-3H3. The summed E-state index contributed by atoms with van der Waals surface area (Å²) in [6.45, 7) is 8.58. The van der Waals surface area contributed by atoms with Gasteiger partial charge in [0.25, 0.3) is 0 Å². The molecule has 0 N–H and O–H groups in total. The lowest BCUT2D eigenvalue weighted by molar-refractivity contribution is -0.118. The van der Waals surface area contributed by atoms with E-state index in [1.165, 1.54) is 13.0 Å². The Balaban J connectivity index is 2.05. The Morgan fingerprint density at radius 2 is 2.29 bits per heavy atom. The maximum Gasteiger partial charge on any atom is 0.132 e. The molecule has 0 radical (unpaired) electrons. The second-order valence-corrected chi connectivity index (χ2v) is 4.30. The minimum atomic E-state index is 0.208. The number of ketones is 1. The summed E-state index contributed by atoms with van der Waals surface area (Å²) in [7, 11) is 0. The molecular formula is C11H21NO2. The average Bonchev–Trinajstić information content (AvgIpc) is 1.99. The molecule has 1 aliphatic rings. The van der Waals surface area contributed by atoms with Crippen molar-refractivity contribution in [3.8, 4) is 0 Å². The fraction of sp³-hybridized carbons (Fsp3) is 0.909. The van der Waals surface area contributed by atoms with E-state index in [1.807, 2.05) is 0 Å². The van der Waals surface area contributed by atoms with Gasteiger partial charge >= 0.3 is 0 Å². The van der Waals surface area contributed by atoms with E-state index in [9.17, 15) is 4.79 Å². The summed E-state index contributed by atoms with van der Waals surface area (Å²) < 4.78 is 5.47. The van der Waals surface area contributed by atoms with Crippen molar-refractivity contribution in [1.29, 1.82) is 0 Å². The molecule has 1 unspecified atom stereocenters. The number of Topliss-reactive ketones (excluding diaryl/α,β-unsaturated/α-hetero) is 1. The van der Waals surface area contributed by atoms with Crippen molar-refractivity contribution >= 4 is 5.78 Å². The van der Waals surface area contributed by atoms with E-state index in [4.69, 9.17) is 4.74 Å². The lowest BCUT2D eigenvalue weighted by Crippen LogP contribution is -2.53. The minimum Gasteiger partial charge on any atom is -0.379 e. The van der Waals surface area contributed by atoms with Gasteiger partial charge in [0.15, 0.2) is 0 Å². The Bertz CT molecular complexity index is 192. The normalized spacial score (nSPS) is 22.4. The SMILES string of the molecule is CC(=O)CCOCC1CCN1C(C)C. The van der Waals surface area contributed by atoms with Crippen LogP contribution in [0.15, 0.2) is 0 Å². The highest BCUT2D eigenvalue weighted by Gasteiger charge is 2.29. The summed E-state index contributed by atoms with van der Waals surface area (Å²) in [6.07, 6.45) is 1.78. The van der Waals surface area contributed by atoms with Crippen molar-refractivity contribution in [3.05, 3.63) is 0 Å². The first-order valence-corrected chi connectivity index (χ1v) is 5.44. The molecule has 1 rings (SSSR count). The van der Waals surface area contributed by atoms with Gasteiger partial charge in [-0.2, -0.15) is 0 Å². The second kappa shape index (κ2) is 5.47. The van der Waals surface area contributed by atoms with Crippen LogP contribution in [0, 0.1) is 0 Å². The number of hydrogen-bond acceptors (Lipinski definition) is 3. The van der Waals surface area contributed by atoms with Crippen molar-refractivity contribution in [1.82, 2.24) is 4.90 Å². The van der Waals surface area contributed by atoms with Crippen molar-refractivity contribution in [3.63, 3.8) is 0 Å². The second-order valence-electron chi connectivity index (χ2n) is 4.30. The molecule has 1 aliphatic heterocycles. The van der Waals surface area contributed by atoms with Gasteiger partial charge in [-0.15, -0.1) is 0 Å². The van der Waals surface area contributed by atoms with E-state index in [0.717, 1.165) is 6.61 Å².